The minimum absolute atomic E-state index is 0.614. The minimum atomic E-state index is 0.614. The highest BCUT2D eigenvalue weighted by Gasteiger charge is 2.47. The lowest BCUT2D eigenvalue weighted by atomic mass is 9.55. The summed E-state index contributed by atoms with van der Waals surface area (Å²) in [6.07, 6.45) is 8.39. The molecule has 2 aliphatic rings. The van der Waals surface area contributed by atoms with E-state index in [9.17, 15) is 0 Å². The average molecular weight is 311 g/mol. The summed E-state index contributed by atoms with van der Waals surface area (Å²) in [5.74, 6) is 0.797. The van der Waals surface area contributed by atoms with Crippen LogP contribution in [0.4, 0.5) is 0 Å². The zero-order valence-corrected chi connectivity index (χ0v) is 13.9. The van der Waals surface area contributed by atoms with Crippen LogP contribution in [0.1, 0.15) is 54.9 Å². The van der Waals surface area contributed by atoms with Gasteiger partial charge in [-0.05, 0) is 66.9 Å². The molecule has 1 spiro atoms. The fourth-order valence-electron chi connectivity index (χ4n) is 4.50. The second-order valence-electron chi connectivity index (χ2n) is 7.10. The molecule has 4 rings (SSSR count). The van der Waals surface area contributed by atoms with Crippen molar-refractivity contribution in [3.05, 3.63) is 58.3 Å². The fourth-order valence-corrected chi connectivity index (χ4v) is 5.16. The van der Waals surface area contributed by atoms with Gasteiger partial charge in [-0.2, -0.15) is 0 Å². The molecule has 1 atom stereocenters. The Kier molecular flexibility index (Phi) is 4.06. The van der Waals surface area contributed by atoms with Crippen molar-refractivity contribution in [2.75, 3.05) is 0 Å². The van der Waals surface area contributed by atoms with Gasteiger partial charge in [-0.3, -0.25) is 0 Å². The highest BCUT2D eigenvalue weighted by atomic mass is 32.1. The van der Waals surface area contributed by atoms with Crippen LogP contribution >= 0.6 is 11.3 Å². The summed E-state index contributed by atoms with van der Waals surface area (Å²) in [6, 6.07) is 16.3. The number of thiophene rings is 1. The molecule has 0 bridgehead atoms. The van der Waals surface area contributed by atoms with E-state index in [1.54, 1.807) is 5.56 Å². The second kappa shape index (κ2) is 6.17. The highest BCUT2D eigenvalue weighted by Crippen LogP contribution is 2.54. The average Bonchev–Trinajstić information content (AvgIpc) is 3.08. The van der Waals surface area contributed by atoms with Crippen LogP contribution in [-0.4, -0.2) is 6.04 Å². The maximum atomic E-state index is 3.85. The number of benzene rings is 1. The molecule has 2 fully saturated rings. The molecule has 1 unspecified atom stereocenters. The summed E-state index contributed by atoms with van der Waals surface area (Å²) in [6.45, 7) is 1.06. The summed E-state index contributed by atoms with van der Waals surface area (Å²) in [5.41, 5.74) is 2.17. The summed E-state index contributed by atoms with van der Waals surface area (Å²) in [5, 5.41) is 6.03. The molecule has 2 aromatic rings. The van der Waals surface area contributed by atoms with Crippen LogP contribution in [0.3, 0.4) is 0 Å². The molecule has 22 heavy (non-hydrogen) atoms. The molecular formula is C20H25NS. The number of hydrogen-bond donors (Lipinski definition) is 1. The van der Waals surface area contributed by atoms with Crippen molar-refractivity contribution in [2.24, 2.45) is 5.41 Å². The number of hydrogen-bond acceptors (Lipinski definition) is 2. The monoisotopic (exact) mass is 311 g/mol. The van der Waals surface area contributed by atoms with Crippen LogP contribution in [0, 0.1) is 5.41 Å². The summed E-state index contributed by atoms with van der Waals surface area (Å²) in [7, 11) is 0. The number of rotatable bonds is 4. The van der Waals surface area contributed by atoms with Gasteiger partial charge in [-0.15, -0.1) is 11.3 Å². The Morgan fingerprint density at radius 1 is 0.955 bits per heavy atom. The predicted octanol–water partition coefficient (Wildman–Crippen LogP) is 5.34. The van der Waals surface area contributed by atoms with Crippen molar-refractivity contribution in [1.82, 2.24) is 5.32 Å². The zero-order valence-electron chi connectivity index (χ0n) is 13.1. The van der Waals surface area contributed by atoms with Crippen LogP contribution in [0.25, 0.3) is 0 Å². The van der Waals surface area contributed by atoms with E-state index in [4.69, 9.17) is 0 Å². The van der Waals surface area contributed by atoms with E-state index in [-0.39, 0.29) is 0 Å². The van der Waals surface area contributed by atoms with Crippen LogP contribution < -0.4 is 5.32 Å². The lowest BCUT2D eigenvalue weighted by Gasteiger charge is -2.54. The molecule has 2 saturated carbocycles. The second-order valence-corrected chi connectivity index (χ2v) is 8.13. The van der Waals surface area contributed by atoms with Crippen LogP contribution in [0.2, 0.25) is 0 Å². The van der Waals surface area contributed by atoms with Crippen LogP contribution in [0.15, 0.2) is 47.8 Å². The fraction of sp³-hybridized carbons (Fsp3) is 0.500. The van der Waals surface area contributed by atoms with Gasteiger partial charge in [-0.1, -0.05) is 36.4 Å². The Hall–Kier alpha value is -1.12. The van der Waals surface area contributed by atoms with E-state index in [1.807, 2.05) is 11.3 Å². The van der Waals surface area contributed by atoms with Crippen molar-refractivity contribution in [2.45, 2.75) is 57.0 Å². The van der Waals surface area contributed by atoms with E-state index >= 15 is 0 Å². The molecular weight excluding hydrogens is 286 g/mol. The minimum Gasteiger partial charge on any atom is -0.309 e. The lowest BCUT2D eigenvalue weighted by molar-refractivity contribution is 0.0165. The lowest BCUT2D eigenvalue weighted by Crippen LogP contribution is -2.54. The van der Waals surface area contributed by atoms with Crippen molar-refractivity contribution in [1.29, 1.82) is 0 Å². The molecule has 2 heteroatoms. The highest BCUT2D eigenvalue weighted by molar-refractivity contribution is 7.09. The molecule has 1 N–H and O–H groups in total. The maximum Gasteiger partial charge on any atom is 0.0302 e. The van der Waals surface area contributed by atoms with E-state index < -0.39 is 0 Å². The van der Waals surface area contributed by atoms with Crippen molar-refractivity contribution < 1.29 is 0 Å². The third-order valence-corrected chi connectivity index (χ3v) is 6.90. The summed E-state index contributed by atoms with van der Waals surface area (Å²) < 4.78 is 0. The van der Waals surface area contributed by atoms with Gasteiger partial charge in [-0.25, -0.2) is 0 Å². The van der Waals surface area contributed by atoms with Gasteiger partial charge in [0.1, 0.15) is 0 Å². The first kappa shape index (κ1) is 14.5. The van der Waals surface area contributed by atoms with Gasteiger partial charge in [0.05, 0.1) is 0 Å². The largest absolute Gasteiger partial charge is 0.309 e. The summed E-state index contributed by atoms with van der Waals surface area (Å²) >= 11 is 1.87. The Labute approximate surface area is 137 Å². The van der Waals surface area contributed by atoms with Gasteiger partial charge in [0, 0.05) is 17.5 Å². The van der Waals surface area contributed by atoms with Gasteiger partial charge in [0.25, 0.3) is 0 Å². The van der Waals surface area contributed by atoms with Gasteiger partial charge in [0.15, 0.2) is 0 Å². The first-order valence-electron chi connectivity index (χ1n) is 8.66. The standard InChI is InChI=1S/C20H25NS/c1-2-5-16(6-3-1)17-8-11-20(12-9-17)13-10-19(20)21-15-18-7-4-14-22-18/h1-7,14,17,19,21H,8-13,15H2. The zero-order chi connectivity index (χ0) is 14.8. The molecule has 0 amide bonds. The summed E-state index contributed by atoms with van der Waals surface area (Å²) in [4.78, 5) is 1.47. The molecule has 1 aromatic carbocycles. The Morgan fingerprint density at radius 3 is 2.36 bits per heavy atom. The SMILES string of the molecule is c1ccc(C2CCC3(CC2)CCC3NCc2cccs2)cc1. The molecule has 1 heterocycles. The molecule has 1 nitrogen and oxygen atoms in total. The van der Waals surface area contributed by atoms with Crippen molar-refractivity contribution >= 4 is 11.3 Å². The molecule has 116 valence electrons. The molecule has 1 aromatic heterocycles. The molecule has 0 saturated heterocycles. The van der Waals surface area contributed by atoms with E-state index in [0.29, 0.717) is 5.41 Å². The quantitative estimate of drug-likeness (QED) is 0.803. The third-order valence-electron chi connectivity index (χ3n) is 6.03. The normalized spacial score (nSPS) is 31.1. The third kappa shape index (κ3) is 2.75. The van der Waals surface area contributed by atoms with Crippen LogP contribution in [-0.2, 0) is 6.54 Å². The predicted molar refractivity (Wildman–Crippen MR) is 94.3 cm³/mol. The maximum absolute atomic E-state index is 3.85. The molecule has 2 aliphatic carbocycles. The van der Waals surface area contributed by atoms with Crippen LogP contribution in [0.5, 0.6) is 0 Å². The molecule has 0 aliphatic heterocycles. The Morgan fingerprint density at radius 2 is 1.73 bits per heavy atom. The first-order valence-corrected chi connectivity index (χ1v) is 9.54. The first-order chi connectivity index (χ1) is 10.9. The van der Waals surface area contributed by atoms with E-state index in [1.165, 1.54) is 43.4 Å². The topological polar surface area (TPSA) is 12.0 Å². The molecule has 0 radical (unpaired) electrons. The Balaban J connectivity index is 1.34. The van der Waals surface area contributed by atoms with Crippen molar-refractivity contribution in [3.63, 3.8) is 0 Å². The van der Waals surface area contributed by atoms with E-state index in [2.05, 4.69) is 53.2 Å². The van der Waals surface area contributed by atoms with Gasteiger partial charge >= 0.3 is 0 Å². The Bertz CT molecular complexity index is 581. The number of nitrogens with one attached hydrogen (secondary N) is 1. The van der Waals surface area contributed by atoms with E-state index in [0.717, 1.165) is 18.5 Å². The van der Waals surface area contributed by atoms with Gasteiger partial charge in [0.2, 0.25) is 0 Å². The van der Waals surface area contributed by atoms with Gasteiger partial charge < -0.3 is 5.32 Å². The smallest absolute Gasteiger partial charge is 0.0302 e. The van der Waals surface area contributed by atoms with Crippen molar-refractivity contribution in [3.8, 4) is 0 Å².